The van der Waals surface area contributed by atoms with Gasteiger partial charge in [-0.3, -0.25) is 4.68 Å². The third kappa shape index (κ3) is 2.73. The Kier molecular flexibility index (Phi) is 3.79. The number of aromatic nitrogens is 5. The summed E-state index contributed by atoms with van der Waals surface area (Å²) in [6.07, 6.45) is 4.17. The van der Waals surface area contributed by atoms with E-state index in [-0.39, 0.29) is 6.10 Å². The van der Waals surface area contributed by atoms with E-state index in [4.69, 9.17) is 9.47 Å². The van der Waals surface area contributed by atoms with Gasteiger partial charge in [-0.1, -0.05) is 0 Å². The average molecular weight is 277 g/mol. The van der Waals surface area contributed by atoms with Crippen molar-refractivity contribution >= 4 is 0 Å². The van der Waals surface area contributed by atoms with Crippen LogP contribution < -0.4 is 0 Å². The molecule has 2 aromatic heterocycles. The fourth-order valence-electron chi connectivity index (χ4n) is 2.37. The summed E-state index contributed by atoms with van der Waals surface area (Å²) >= 11 is 0. The first-order chi connectivity index (χ1) is 9.74. The van der Waals surface area contributed by atoms with E-state index in [2.05, 4.69) is 15.2 Å². The van der Waals surface area contributed by atoms with Crippen molar-refractivity contribution in [1.29, 1.82) is 0 Å². The van der Waals surface area contributed by atoms with E-state index in [0.29, 0.717) is 13.2 Å². The van der Waals surface area contributed by atoms with Crippen molar-refractivity contribution < 1.29 is 9.47 Å². The van der Waals surface area contributed by atoms with E-state index in [1.807, 2.05) is 20.0 Å². The summed E-state index contributed by atoms with van der Waals surface area (Å²) in [5.74, 6) is 2.38. The number of nitrogens with zero attached hydrogens (tertiary/aromatic N) is 5. The molecular weight excluding hydrogens is 258 g/mol. The Labute approximate surface area is 117 Å². The molecule has 108 valence electrons. The van der Waals surface area contributed by atoms with Crippen molar-refractivity contribution in [2.45, 2.75) is 32.5 Å². The highest BCUT2D eigenvalue weighted by Gasteiger charge is 2.17. The first-order valence-corrected chi connectivity index (χ1v) is 6.84. The highest BCUT2D eigenvalue weighted by molar-refractivity contribution is 5.21. The minimum Gasteiger partial charge on any atom is -0.376 e. The standard InChI is InChI=1S/C13H19N5O2/c1-10-15-12(9-19-8-11-4-3-7-20-11)18(16-10)13-5-6-14-17(13)2/h5-6,11H,3-4,7-9H2,1-2H3. The second-order valence-electron chi connectivity index (χ2n) is 4.95. The lowest BCUT2D eigenvalue weighted by Gasteiger charge is -2.10. The lowest BCUT2D eigenvalue weighted by atomic mass is 10.2. The zero-order chi connectivity index (χ0) is 13.9. The highest BCUT2D eigenvalue weighted by Crippen LogP contribution is 2.14. The van der Waals surface area contributed by atoms with Crippen LogP contribution in [0.4, 0.5) is 0 Å². The quantitative estimate of drug-likeness (QED) is 0.816. The first kappa shape index (κ1) is 13.3. The van der Waals surface area contributed by atoms with E-state index in [1.54, 1.807) is 15.6 Å². The van der Waals surface area contributed by atoms with Crippen LogP contribution in [0.5, 0.6) is 0 Å². The van der Waals surface area contributed by atoms with Gasteiger partial charge in [0.1, 0.15) is 12.4 Å². The van der Waals surface area contributed by atoms with Gasteiger partial charge >= 0.3 is 0 Å². The van der Waals surface area contributed by atoms with Crippen molar-refractivity contribution in [3.63, 3.8) is 0 Å². The van der Waals surface area contributed by atoms with E-state index >= 15 is 0 Å². The minimum atomic E-state index is 0.226. The molecule has 1 aliphatic heterocycles. The van der Waals surface area contributed by atoms with Crippen LogP contribution in [0.25, 0.3) is 5.82 Å². The minimum absolute atomic E-state index is 0.226. The van der Waals surface area contributed by atoms with Gasteiger partial charge in [0.2, 0.25) is 0 Å². The molecule has 1 aliphatic rings. The lowest BCUT2D eigenvalue weighted by molar-refractivity contribution is 0.00812. The topological polar surface area (TPSA) is 67.0 Å². The zero-order valence-electron chi connectivity index (χ0n) is 11.8. The molecule has 1 atom stereocenters. The second kappa shape index (κ2) is 5.72. The molecule has 7 heteroatoms. The summed E-state index contributed by atoms with van der Waals surface area (Å²) in [7, 11) is 1.88. The molecule has 20 heavy (non-hydrogen) atoms. The van der Waals surface area contributed by atoms with Crippen molar-refractivity contribution in [1.82, 2.24) is 24.5 Å². The summed E-state index contributed by atoms with van der Waals surface area (Å²) in [5, 5.41) is 8.55. The fourth-order valence-corrected chi connectivity index (χ4v) is 2.37. The summed E-state index contributed by atoms with van der Waals surface area (Å²) in [6.45, 7) is 3.75. The maximum atomic E-state index is 5.72. The summed E-state index contributed by atoms with van der Waals surface area (Å²) < 4.78 is 14.8. The van der Waals surface area contributed by atoms with Gasteiger partial charge in [-0.05, 0) is 19.8 Å². The van der Waals surface area contributed by atoms with E-state index in [9.17, 15) is 0 Å². The van der Waals surface area contributed by atoms with Crippen LogP contribution in [-0.2, 0) is 23.1 Å². The zero-order valence-corrected chi connectivity index (χ0v) is 11.8. The number of hydrogen-bond acceptors (Lipinski definition) is 5. The maximum absolute atomic E-state index is 5.72. The number of rotatable bonds is 5. The van der Waals surface area contributed by atoms with Crippen LogP contribution in [0.2, 0.25) is 0 Å². The Morgan fingerprint density at radius 3 is 3.10 bits per heavy atom. The molecule has 1 saturated heterocycles. The maximum Gasteiger partial charge on any atom is 0.160 e. The van der Waals surface area contributed by atoms with Gasteiger partial charge in [0.05, 0.1) is 18.9 Å². The molecule has 1 fully saturated rings. The van der Waals surface area contributed by atoms with Crippen LogP contribution in [0, 0.1) is 6.92 Å². The van der Waals surface area contributed by atoms with Crippen molar-refractivity contribution in [3.05, 3.63) is 23.9 Å². The van der Waals surface area contributed by atoms with Gasteiger partial charge in [0.15, 0.2) is 11.6 Å². The third-order valence-electron chi connectivity index (χ3n) is 3.35. The van der Waals surface area contributed by atoms with Gasteiger partial charge in [0, 0.05) is 19.7 Å². The van der Waals surface area contributed by atoms with Gasteiger partial charge in [-0.2, -0.15) is 9.78 Å². The van der Waals surface area contributed by atoms with E-state index in [0.717, 1.165) is 36.9 Å². The van der Waals surface area contributed by atoms with Gasteiger partial charge in [-0.15, -0.1) is 5.10 Å². The van der Waals surface area contributed by atoms with Crippen molar-refractivity contribution in [3.8, 4) is 5.82 Å². The molecular formula is C13H19N5O2. The van der Waals surface area contributed by atoms with Crippen LogP contribution in [-0.4, -0.2) is 43.9 Å². The molecule has 0 amide bonds. The average Bonchev–Trinajstić information content (AvgIpc) is 3.12. The predicted octanol–water partition coefficient (Wildman–Crippen LogP) is 1.00. The molecule has 3 rings (SSSR count). The molecule has 0 spiro atoms. The monoisotopic (exact) mass is 277 g/mol. The van der Waals surface area contributed by atoms with Crippen LogP contribution in [0.3, 0.4) is 0 Å². The number of ether oxygens (including phenoxy) is 2. The molecule has 0 aliphatic carbocycles. The lowest BCUT2D eigenvalue weighted by Crippen LogP contribution is -2.16. The molecule has 0 saturated carbocycles. The van der Waals surface area contributed by atoms with Crippen molar-refractivity contribution in [2.75, 3.05) is 13.2 Å². The number of hydrogen-bond donors (Lipinski definition) is 0. The normalized spacial score (nSPS) is 18.8. The summed E-state index contributed by atoms with van der Waals surface area (Å²) in [4.78, 5) is 4.42. The Morgan fingerprint density at radius 2 is 2.40 bits per heavy atom. The third-order valence-corrected chi connectivity index (χ3v) is 3.35. The molecule has 2 aromatic rings. The summed E-state index contributed by atoms with van der Waals surface area (Å²) in [5.41, 5.74) is 0. The van der Waals surface area contributed by atoms with Crippen LogP contribution in [0.1, 0.15) is 24.5 Å². The molecule has 0 bridgehead atoms. The molecule has 0 aromatic carbocycles. The molecule has 1 unspecified atom stereocenters. The van der Waals surface area contributed by atoms with Crippen LogP contribution >= 0.6 is 0 Å². The fraction of sp³-hybridized carbons (Fsp3) is 0.615. The van der Waals surface area contributed by atoms with Crippen molar-refractivity contribution in [2.24, 2.45) is 7.05 Å². The highest BCUT2D eigenvalue weighted by atomic mass is 16.5. The van der Waals surface area contributed by atoms with E-state index < -0.39 is 0 Å². The Morgan fingerprint density at radius 1 is 1.50 bits per heavy atom. The smallest absolute Gasteiger partial charge is 0.160 e. The Hall–Kier alpha value is -1.73. The second-order valence-corrected chi connectivity index (χ2v) is 4.95. The largest absolute Gasteiger partial charge is 0.376 e. The Bertz CT molecular complexity index is 571. The molecule has 3 heterocycles. The van der Waals surface area contributed by atoms with Gasteiger partial charge < -0.3 is 9.47 Å². The van der Waals surface area contributed by atoms with Crippen LogP contribution in [0.15, 0.2) is 12.3 Å². The first-order valence-electron chi connectivity index (χ1n) is 6.84. The SMILES string of the molecule is Cc1nc(COCC2CCCO2)n(-c2ccnn2C)n1. The number of aryl methyl sites for hydroxylation is 2. The summed E-state index contributed by atoms with van der Waals surface area (Å²) in [6, 6.07) is 1.90. The molecule has 0 radical (unpaired) electrons. The predicted molar refractivity (Wildman–Crippen MR) is 71.5 cm³/mol. The van der Waals surface area contributed by atoms with Gasteiger partial charge in [0.25, 0.3) is 0 Å². The Balaban J connectivity index is 1.68. The molecule has 0 N–H and O–H groups in total. The molecule has 7 nitrogen and oxygen atoms in total. The van der Waals surface area contributed by atoms with Gasteiger partial charge in [-0.25, -0.2) is 4.98 Å². The van der Waals surface area contributed by atoms with E-state index in [1.165, 1.54) is 0 Å².